The third kappa shape index (κ3) is 1.96. The smallest absolute Gasteiger partial charge is 0.253 e. The summed E-state index contributed by atoms with van der Waals surface area (Å²) in [6.07, 6.45) is 1.34. The Morgan fingerprint density at radius 1 is 1.43 bits per heavy atom. The number of nitrogens with two attached hydrogens (primary N) is 1. The number of halogens is 2. The van der Waals surface area contributed by atoms with Crippen LogP contribution in [0.1, 0.15) is 21.7 Å². The lowest BCUT2D eigenvalue weighted by molar-refractivity contribution is 0.116. The van der Waals surface area contributed by atoms with Crippen molar-refractivity contribution in [2.24, 2.45) is 5.73 Å². The molecule has 0 aliphatic heterocycles. The molecule has 78 valence electrons. The average Bonchev–Trinajstić information content (AvgIpc) is 2.63. The van der Waals surface area contributed by atoms with Crippen LogP contribution in [-0.2, 0) is 19.3 Å². The molecule has 1 aliphatic rings. The van der Waals surface area contributed by atoms with Gasteiger partial charge in [-0.2, -0.15) is 0 Å². The molecule has 1 heterocycles. The van der Waals surface area contributed by atoms with Gasteiger partial charge in [0, 0.05) is 16.2 Å². The van der Waals surface area contributed by atoms with Crippen LogP contribution in [0.15, 0.2) is 6.07 Å². The molecular formula is C10H13F2NS. The monoisotopic (exact) mass is 217 g/mol. The number of aryl methyl sites for hydroxylation is 2. The number of thiophene rings is 1. The predicted octanol–water partition coefficient (Wildman–Crippen LogP) is 2.37. The second-order valence-electron chi connectivity index (χ2n) is 3.72. The molecule has 0 bridgehead atoms. The molecule has 0 fully saturated rings. The van der Waals surface area contributed by atoms with Crippen LogP contribution in [0.3, 0.4) is 0 Å². The van der Waals surface area contributed by atoms with Crippen LogP contribution >= 0.6 is 11.3 Å². The van der Waals surface area contributed by atoms with E-state index in [0.717, 1.165) is 17.7 Å². The van der Waals surface area contributed by atoms with Gasteiger partial charge in [0.15, 0.2) is 0 Å². The highest BCUT2D eigenvalue weighted by Gasteiger charge is 2.19. The van der Waals surface area contributed by atoms with Crippen LogP contribution in [0.2, 0.25) is 0 Å². The zero-order chi connectivity index (χ0) is 10.1. The number of fused-ring (bicyclic) bond motifs is 1. The van der Waals surface area contributed by atoms with Crippen LogP contribution in [-0.4, -0.2) is 12.5 Å². The first-order valence-electron chi connectivity index (χ1n) is 4.81. The molecule has 0 radical (unpaired) electrons. The maximum Gasteiger partial charge on any atom is 0.253 e. The summed E-state index contributed by atoms with van der Waals surface area (Å²) >= 11 is 1.65. The lowest BCUT2D eigenvalue weighted by Crippen LogP contribution is -2.30. The van der Waals surface area contributed by atoms with Gasteiger partial charge < -0.3 is 5.73 Å². The molecule has 2 rings (SSSR count). The minimum Gasteiger partial charge on any atom is -0.323 e. The van der Waals surface area contributed by atoms with Gasteiger partial charge in [0.05, 0.1) is 6.04 Å². The van der Waals surface area contributed by atoms with Gasteiger partial charge in [-0.3, -0.25) is 0 Å². The molecule has 14 heavy (non-hydrogen) atoms. The molecule has 1 aromatic heterocycles. The average molecular weight is 217 g/mol. The van der Waals surface area contributed by atoms with E-state index in [9.17, 15) is 8.78 Å². The quantitative estimate of drug-likeness (QED) is 0.826. The fourth-order valence-corrected chi connectivity index (χ4v) is 3.14. The second-order valence-corrected chi connectivity index (χ2v) is 4.94. The standard InChI is InChI=1S/C10H13F2NS/c11-10(12)8(13)5-7-4-6-2-1-3-9(6)14-7/h4,8,10H,1-3,5,13H2. The predicted molar refractivity (Wildman–Crippen MR) is 54.0 cm³/mol. The summed E-state index contributed by atoms with van der Waals surface area (Å²) in [6.45, 7) is 0. The van der Waals surface area contributed by atoms with E-state index in [-0.39, 0.29) is 0 Å². The van der Waals surface area contributed by atoms with Crippen LogP contribution in [0, 0.1) is 0 Å². The van der Waals surface area contributed by atoms with Gasteiger partial charge in [0.25, 0.3) is 6.43 Å². The molecule has 0 spiro atoms. The largest absolute Gasteiger partial charge is 0.323 e. The Labute approximate surface area is 85.9 Å². The Morgan fingerprint density at radius 2 is 2.21 bits per heavy atom. The van der Waals surface area contributed by atoms with Crippen molar-refractivity contribution >= 4 is 11.3 Å². The Morgan fingerprint density at radius 3 is 2.86 bits per heavy atom. The van der Waals surface area contributed by atoms with E-state index < -0.39 is 12.5 Å². The summed E-state index contributed by atoms with van der Waals surface area (Å²) in [5, 5.41) is 0. The summed E-state index contributed by atoms with van der Waals surface area (Å²) < 4.78 is 24.4. The zero-order valence-corrected chi connectivity index (χ0v) is 8.62. The van der Waals surface area contributed by atoms with Gasteiger partial charge in [0.1, 0.15) is 0 Å². The Kier molecular flexibility index (Phi) is 2.83. The van der Waals surface area contributed by atoms with Crippen molar-refractivity contribution in [2.75, 3.05) is 0 Å². The van der Waals surface area contributed by atoms with Gasteiger partial charge in [-0.15, -0.1) is 11.3 Å². The maximum absolute atomic E-state index is 12.2. The number of hydrogen-bond donors (Lipinski definition) is 1. The van der Waals surface area contributed by atoms with E-state index in [1.165, 1.54) is 16.9 Å². The first kappa shape index (κ1) is 10.1. The van der Waals surface area contributed by atoms with Gasteiger partial charge in [-0.25, -0.2) is 8.78 Å². The highest BCUT2D eigenvalue weighted by molar-refractivity contribution is 7.12. The fourth-order valence-electron chi connectivity index (χ4n) is 1.81. The highest BCUT2D eigenvalue weighted by atomic mass is 32.1. The Bertz CT molecular complexity index is 300. The van der Waals surface area contributed by atoms with Gasteiger partial charge in [-0.05, 0) is 30.9 Å². The van der Waals surface area contributed by atoms with Gasteiger partial charge >= 0.3 is 0 Å². The van der Waals surface area contributed by atoms with Crippen LogP contribution < -0.4 is 5.73 Å². The van der Waals surface area contributed by atoms with E-state index in [2.05, 4.69) is 6.07 Å². The summed E-state index contributed by atoms with van der Waals surface area (Å²) in [4.78, 5) is 2.39. The van der Waals surface area contributed by atoms with Crippen LogP contribution in [0.5, 0.6) is 0 Å². The molecule has 0 amide bonds. The molecule has 1 atom stereocenters. The molecule has 1 nitrogen and oxygen atoms in total. The molecule has 4 heteroatoms. The lowest BCUT2D eigenvalue weighted by atomic mass is 10.1. The third-order valence-corrected chi connectivity index (χ3v) is 3.82. The van der Waals surface area contributed by atoms with Crippen LogP contribution in [0.4, 0.5) is 8.78 Å². The summed E-state index contributed by atoms with van der Waals surface area (Å²) in [5.41, 5.74) is 6.68. The van der Waals surface area contributed by atoms with E-state index >= 15 is 0 Å². The van der Waals surface area contributed by atoms with Crippen LogP contribution in [0.25, 0.3) is 0 Å². The fraction of sp³-hybridized carbons (Fsp3) is 0.600. The van der Waals surface area contributed by atoms with E-state index in [1.54, 1.807) is 11.3 Å². The van der Waals surface area contributed by atoms with Gasteiger partial charge in [0.2, 0.25) is 0 Å². The number of rotatable bonds is 3. The molecular weight excluding hydrogens is 204 g/mol. The summed E-state index contributed by atoms with van der Waals surface area (Å²) in [5.74, 6) is 0. The van der Waals surface area contributed by atoms with Crippen molar-refractivity contribution in [3.8, 4) is 0 Å². The van der Waals surface area contributed by atoms with Gasteiger partial charge in [-0.1, -0.05) is 0 Å². The molecule has 1 aliphatic carbocycles. The maximum atomic E-state index is 12.2. The number of hydrogen-bond acceptors (Lipinski definition) is 2. The second kappa shape index (κ2) is 3.95. The molecule has 0 aromatic carbocycles. The normalized spacial score (nSPS) is 17.4. The van der Waals surface area contributed by atoms with E-state index in [0.29, 0.717) is 6.42 Å². The minimum absolute atomic E-state index is 0.315. The molecule has 0 saturated heterocycles. The summed E-state index contributed by atoms with van der Waals surface area (Å²) in [6, 6.07) is 1.05. The topological polar surface area (TPSA) is 26.0 Å². The molecule has 0 saturated carbocycles. The van der Waals surface area contributed by atoms with Crippen molar-refractivity contribution in [2.45, 2.75) is 38.2 Å². The first-order chi connectivity index (χ1) is 6.66. The van der Waals surface area contributed by atoms with E-state index in [4.69, 9.17) is 5.73 Å². The SMILES string of the molecule is NC(Cc1cc2c(s1)CCC2)C(F)F. The first-order valence-corrected chi connectivity index (χ1v) is 5.62. The van der Waals surface area contributed by atoms with Crippen molar-refractivity contribution in [1.82, 2.24) is 0 Å². The van der Waals surface area contributed by atoms with Crippen molar-refractivity contribution in [3.05, 3.63) is 21.4 Å². The minimum atomic E-state index is -2.41. The summed E-state index contributed by atoms with van der Waals surface area (Å²) in [7, 11) is 0. The molecule has 2 N–H and O–H groups in total. The van der Waals surface area contributed by atoms with Crippen molar-refractivity contribution < 1.29 is 8.78 Å². The lowest BCUT2D eigenvalue weighted by Gasteiger charge is -2.07. The Hall–Kier alpha value is -0.480. The molecule has 1 aromatic rings. The molecule has 1 unspecified atom stereocenters. The highest BCUT2D eigenvalue weighted by Crippen LogP contribution is 2.31. The van der Waals surface area contributed by atoms with E-state index in [1.807, 2.05) is 0 Å². The van der Waals surface area contributed by atoms with Crippen molar-refractivity contribution in [1.29, 1.82) is 0 Å². The number of alkyl halides is 2. The zero-order valence-electron chi connectivity index (χ0n) is 7.80. The van der Waals surface area contributed by atoms with Crippen molar-refractivity contribution in [3.63, 3.8) is 0 Å². The Balaban J connectivity index is 2.04. The third-order valence-electron chi connectivity index (χ3n) is 2.56.